The summed E-state index contributed by atoms with van der Waals surface area (Å²) < 4.78 is 45.5. The van der Waals surface area contributed by atoms with Crippen LogP contribution in [0.15, 0.2) is 36.5 Å². The number of rotatable bonds is 7. The first-order chi connectivity index (χ1) is 12.8. The van der Waals surface area contributed by atoms with Gasteiger partial charge >= 0.3 is 6.18 Å². The Labute approximate surface area is 156 Å². The fourth-order valence-electron chi connectivity index (χ4n) is 3.44. The first-order valence-electron chi connectivity index (χ1n) is 8.99. The minimum atomic E-state index is -4.40. The lowest BCUT2D eigenvalue weighted by Gasteiger charge is -2.29. The fraction of sp³-hybridized carbons (Fsp3) is 0.526. The summed E-state index contributed by atoms with van der Waals surface area (Å²) in [6, 6.07) is 9.29. The highest BCUT2D eigenvalue weighted by Crippen LogP contribution is 2.30. The SMILES string of the molecule is CN(C[C@@H](O)COc1ccccc1)C[C@@H]1CCc2nc(C(F)(F)F)cn2C1. The molecule has 2 heterocycles. The number of hydrogen-bond acceptors (Lipinski definition) is 4. The number of halogens is 3. The van der Waals surface area contributed by atoms with E-state index in [0.717, 1.165) is 12.6 Å². The molecule has 2 atom stereocenters. The maximum absolute atomic E-state index is 12.8. The van der Waals surface area contributed by atoms with Gasteiger partial charge in [0, 0.05) is 32.3 Å². The first-order valence-corrected chi connectivity index (χ1v) is 8.99. The molecule has 8 heteroatoms. The van der Waals surface area contributed by atoms with Gasteiger partial charge < -0.3 is 19.3 Å². The number of fused-ring (bicyclic) bond motifs is 1. The van der Waals surface area contributed by atoms with E-state index < -0.39 is 18.0 Å². The van der Waals surface area contributed by atoms with E-state index in [1.54, 1.807) is 4.57 Å². The van der Waals surface area contributed by atoms with Crippen molar-refractivity contribution in [3.05, 3.63) is 48.0 Å². The molecule has 0 saturated heterocycles. The number of likely N-dealkylation sites (N-methyl/N-ethyl adjacent to an activating group) is 1. The lowest BCUT2D eigenvalue weighted by atomic mass is 9.99. The van der Waals surface area contributed by atoms with Gasteiger partial charge in [0.2, 0.25) is 0 Å². The van der Waals surface area contributed by atoms with Crippen molar-refractivity contribution < 1.29 is 23.0 Å². The van der Waals surface area contributed by atoms with Crippen molar-refractivity contribution in [2.75, 3.05) is 26.7 Å². The van der Waals surface area contributed by atoms with Gasteiger partial charge in [0.15, 0.2) is 5.69 Å². The molecule has 148 valence electrons. The molecule has 0 saturated carbocycles. The summed E-state index contributed by atoms with van der Waals surface area (Å²) in [6.45, 7) is 1.84. The third-order valence-electron chi connectivity index (χ3n) is 4.66. The lowest BCUT2D eigenvalue weighted by Crippen LogP contribution is -2.38. The molecule has 0 radical (unpaired) electrons. The molecule has 0 spiro atoms. The van der Waals surface area contributed by atoms with E-state index in [4.69, 9.17) is 4.74 Å². The number of aryl methyl sites for hydroxylation is 1. The Morgan fingerprint density at radius 1 is 1.33 bits per heavy atom. The summed E-state index contributed by atoms with van der Waals surface area (Å²) in [4.78, 5) is 5.70. The molecule has 0 unspecified atom stereocenters. The topological polar surface area (TPSA) is 50.5 Å². The van der Waals surface area contributed by atoms with Gasteiger partial charge in [-0.2, -0.15) is 13.2 Å². The predicted octanol–water partition coefficient (Wildman–Crippen LogP) is 2.84. The summed E-state index contributed by atoms with van der Waals surface area (Å²) >= 11 is 0. The molecule has 0 aliphatic carbocycles. The van der Waals surface area contributed by atoms with Crippen LogP contribution in [-0.2, 0) is 19.1 Å². The molecule has 1 aromatic carbocycles. The van der Waals surface area contributed by atoms with E-state index >= 15 is 0 Å². The number of ether oxygens (including phenoxy) is 1. The zero-order valence-electron chi connectivity index (χ0n) is 15.2. The standard InChI is InChI=1S/C19H24F3N3O2/c1-24(11-15(26)13-27-16-5-3-2-4-6-16)9-14-7-8-18-23-17(19(20,21)22)12-25(18)10-14/h2-6,12,14-15,26H,7-11,13H2,1H3/t14-,15+/m0/s1. The van der Waals surface area contributed by atoms with Crippen molar-refractivity contribution >= 4 is 0 Å². The Bertz CT molecular complexity index is 734. The van der Waals surface area contributed by atoms with Gasteiger partial charge in [-0.3, -0.25) is 0 Å². The maximum Gasteiger partial charge on any atom is 0.434 e. The van der Waals surface area contributed by atoms with Crippen molar-refractivity contribution in [2.45, 2.75) is 31.7 Å². The number of alkyl halides is 3. The summed E-state index contributed by atoms with van der Waals surface area (Å²) in [5.41, 5.74) is -0.819. The molecule has 0 amide bonds. The minimum absolute atomic E-state index is 0.194. The molecule has 0 fully saturated rings. The van der Waals surface area contributed by atoms with Crippen LogP contribution < -0.4 is 4.74 Å². The van der Waals surface area contributed by atoms with Crippen molar-refractivity contribution in [3.63, 3.8) is 0 Å². The molecular formula is C19H24F3N3O2. The minimum Gasteiger partial charge on any atom is -0.491 e. The highest BCUT2D eigenvalue weighted by Gasteiger charge is 2.35. The lowest BCUT2D eigenvalue weighted by molar-refractivity contribution is -0.141. The van der Waals surface area contributed by atoms with E-state index in [-0.39, 0.29) is 12.5 Å². The first kappa shape index (κ1) is 19.7. The molecule has 2 aromatic rings. The van der Waals surface area contributed by atoms with Crippen LogP contribution in [0.3, 0.4) is 0 Å². The van der Waals surface area contributed by atoms with Crippen LogP contribution in [0.2, 0.25) is 0 Å². The average molecular weight is 383 g/mol. The van der Waals surface area contributed by atoms with Crippen LogP contribution in [0.1, 0.15) is 17.9 Å². The van der Waals surface area contributed by atoms with Crippen molar-refractivity contribution in [3.8, 4) is 5.75 Å². The van der Waals surface area contributed by atoms with Gasteiger partial charge in [0.05, 0.1) is 0 Å². The van der Waals surface area contributed by atoms with E-state index in [1.165, 1.54) is 0 Å². The van der Waals surface area contributed by atoms with Crippen LogP contribution in [0.4, 0.5) is 13.2 Å². The predicted molar refractivity (Wildman–Crippen MR) is 94.5 cm³/mol. The Hall–Kier alpha value is -2.06. The van der Waals surface area contributed by atoms with Crippen LogP contribution in [0.5, 0.6) is 5.75 Å². The van der Waals surface area contributed by atoms with Crippen LogP contribution in [0, 0.1) is 5.92 Å². The molecule has 27 heavy (non-hydrogen) atoms. The van der Waals surface area contributed by atoms with Crippen molar-refractivity contribution in [2.24, 2.45) is 5.92 Å². The van der Waals surface area contributed by atoms with Crippen molar-refractivity contribution in [1.29, 1.82) is 0 Å². The monoisotopic (exact) mass is 383 g/mol. The van der Waals surface area contributed by atoms with Gasteiger partial charge in [-0.15, -0.1) is 0 Å². The molecule has 1 aliphatic heterocycles. The summed E-state index contributed by atoms with van der Waals surface area (Å²) in [7, 11) is 1.90. The third kappa shape index (κ3) is 5.46. The molecule has 1 aliphatic rings. The Morgan fingerprint density at radius 2 is 2.07 bits per heavy atom. The normalized spacial score (nSPS) is 18.4. The van der Waals surface area contributed by atoms with Crippen LogP contribution >= 0.6 is 0 Å². The number of imidazole rings is 1. The number of benzene rings is 1. The van der Waals surface area contributed by atoms with Gasteiger partial charge in [-0.25, -0.2) is 4.98 Å². The second-order valence-electron chi connectivity index (χ2n) is 7.10. The quantitative estimate of drug-likeness (QED) is 0.799. The average Bonchev–Trinajstić information content (AvgIpc) is 3.04. The fourth-order valence-corrected chi connectivity index (χ4v) is 3.44. The van der Waals surface area contributed by atoms with Gasteiger partial charge in [-0.05, 0) is 31.5 Å². The summed E-state index contributed by atoms with van der Waals surface area (Å²) in [6.07, 6.45) is -2.62. The molecule has 1 N–H and O–H groups in total. The van der Waals surface area contributed by atoms with E-state index in [0.29, 0.717) is 37.6 Å². The second-order valence-corrected chi connectivity index (χ2v) is 7.10. The van der Waals surface area contributed by atoms with Gasteiger partial charge in [0.1, 0.15) is 24.3 Å². The number of aromatic nitrogens is 2. The summed E-state index contributed by atoms with van der Waals surface area (Å²) in [5, 5.41) is 10.2. The van der Waals surface area contributed by atoms with Gasteiger partial charge in [0.25, 0.3) is 0 Å². The highest BCUT2D eigenvalue weighted by atomic mass is 19.4. The zero-order chi connectivity index (χ0) is 19.4. The molecule has 1 aromatic heterocycles. The maximum atomic E-state index is 12.8. The summed E-state index contributed by atoms with van der Waals surface area (Å²) in [5.74, 6) is 1.43. The van der Waals surface area contributed by atoms with Gasteiger partial charge in [-0.1, -0.05) is 18.2 Å². The second kappa shape index (κ2) is 8.31. The number of aliphatic hydroxyl groups excluding tert-OH is 1. The van der Waals surface area contributed by atoms with E-state index in [2.05, 4.69) is 4.98 Å². The Balaban J connectivity index is 1.45. The Morgan fingerprint density at radius 3 is 2.78 bits per heavy atom. The molecule has 3 rings (SSSR count). The number of nitrogens with zero attached hydrogens (tertiary/aromatic N) is 3. The number of hydrogen-bond donors (Lipinski definition) is 1. The van der Waals surface area contributed by atoms with E-state index in [9.17, 15) is 18.3 Å². The Kier molecular flexibility index (Phi) is 6.06. The third-order valence-corrected chi connectivity index (χ3v) is 4.66. The van der Waals surface area contributed by atoms with Crippen molar-refractivity contribution in [1.82, 2.24) is 14.5 Å². The number of aliphatic hydroxyl groups is 1. The largest absolute Gasteiger partial charge is 0.491 e. The molecular weight excluding hydrogens is 359 g/mol. The van der Waals surface area contributed by atoms with E-state index in [1.807, 2.05) is 42.3 Å². The van der Waals surface area contributed by atoms with Crippen LogP contribution in [0.25, 0.3) is 0 Å². The zero-order valence-corrected chi connectivity index (χ0v) is 15.2. The number of para-hydroxylation sites is 1. The van der Waals surface area contributed by atoms with Crippen LogP contribution in [-0.4, -0.2) is 52.4 Å². The highest BCUT2D eigenvalue weighted by molar-refractivity contribution is 5.20. The smallest absolute Gasteiger partial charge is 0.434 e. The molecule has 5 nitrogen and oxygen atoms in total. The molecule has 0 bridgehead atoms.